The highest BCUT2D eigenvalue weighted by Crippen LogP contribution is 2.04. The van der Waals surface area contributed by atoms with E-state index < -0.39 is 5.54 Å². The summed E-state index contributed by atoms with van der Waals surface area (Å²) >= 11 is 0. The number of nitrogens with one attached hydrogen (secondary N) is 1. The SMILES string of the molecule is CC(C)(NC(=O)c1ccccn1)/C(N)=N/O. The molecule has 0 bridgehead atoms. The Kier molecular flexibility index (Phi) is 3.44. The van der Waals surface area contributed by atoms with Crippen LogP contribution in [0.2, 0.25) is 0 Å². The molecule has 0 radical (unpaired) electrons. The first-order valence-electron chi connectivity index (χ1n) is 4.69. The van der Waals surface area contributed by atoms with Crippen molar-refractivity contribution in [1.29, 1.82) is 0 Å². The largest absolute Gasteiger partial charge is 0.409 e. The van der Waals surface area contributed by atoms with Crippen molar-refractivity contribution in [2.45, 2.75) is 19.4 Å². The lowest BCUT2D eigenvalue weighted by molar-refractivity contribution is 0.0926. The fourth-order valence-corrected chi connectivity index (χ4v) is 1.03. The average Bonchev–Trinajstić information content (AvgIpc) is 2.28. The number of amides is 1. The first kappa shape index (κ1) is 12.0. The second kappa shape index (κ2) is 4.61. The topological polar surface area (TPSA) is 101 Å². The molecule has 0 aliphatic rings. The summed E-state index contributed by atoms with van der Waals surface area (Å²) in [5, 5.41) is 14.0. The highest BCUT2D eigenvalue weighted by atomic mass is 16.4. The van der Waals surface area contributed by atoms with E-state index in [1.165, 1.54) is 6.20 Å². The van der Waals surface area contributed by atoms with Crippen LogP contribution >= 0.6 is 0 Å². The van der Waals surface area contributed by atoms with Gasteiger partial charge in [-0.3, -0.25) is 9.78 Å². The molecule has 0 aromatic carbocycles. The predicted octanol–water partition coefficient (Wildman–Crippen LogP) is 0.336. The normalized spacial score (nSPS) is 12.2. The van der Waals surface area contributed by atoms with Gasteiger partial charge in [0.15, 0.2) is 5.84 Å². The van der Waals surface area contributed by atoms with Gasteiger partial charge in [0.25, 0.3) is 5.91 Å². The van der Waals surface area contributed by atoms with Gasteiger partial charge < -0.3 is 16.3 Å². The lowest BCUT2D eigenvalue weighted by Gasteiger charge is -2.24. The molecule has 0 aliphatic heterocycles. The number of pyridine rings is 1. The van der Waals surface area contributed by atoms with E-state index in [0.717, 1.165) is 0 Å². The Balaban J connectivity index is 2.80. The Labute approximate surface area is 93.2 Å². The van der Waals surface area contributed by atoms with Crippen molar-refractivity contribution in [1.82, 2.24) is 10.3 Å². The van der Waals surface area contributed by atoms with Crippen LogP contribution in [-0.4, -0.2) is 27.5 Å². The number of rotatable bonds is 3. The Morgan fingerprint density at radius 1 is 1.56 bits per heavy atom. The minimum atomic E-state index is -0.927. The minimum Gasteiger partial charge on any atom is -0.409 e. The first-order valence-corrected chi connectivity index (χ1v) is 4.69. The Morgan fingerprint density at radius 3 is 2.75 bits per heavy atom. The summed E-state index contributed by atoms with van der Waals surface area (Å²) in [7, 11) is 0. The van der Waals surface area contributed by atoms with Crippen molar-refractivity contribution in [2.24, 2.45) is 10.9 Å². The van der Waals surface area contributed by atoms with Crippen LogP contribution in [0.3, 0.4) is 0 Å². The molecule has 86 valence electrons. The van der Waals surface area contributed by atoms with Gasteiger partial charge >= 0.3 is 0 Å². The Hall–Kier alpha value is -2.11. The van der Waals surface area contributed by atoms with E-state index in [0.29, 0.717) is 0 Å². The number of hydrogen-bond acceptors (Lipinski definition) is 4. The first-order chi connectivity index (χ1) is 7.47. The van der Waals surface area contributed by atoms with E-state index in [1.54, 1.807) is 32.0 Å². The molecule has 4 N–H and O–H groups in total. The van der Waals surface area contributed by atoms with Crippen molar-refractivity contribution in [3.05, 3.63) is 30.1 Å². The van der Waals surface area contributed by atoms with Gasteiger partial charge in [0, 0.05) is 6.20 Å². The second-order valence-electron chi connectivity index (χ2n) is 3.78. The third kappa shape index (κ3) is 2.69. The molecule has 0 unspecified atom stereocenters. The molecule has 1 aromatic rings. The van der Waals surface area contributed by atoms with Crippen molar-refractivity contribution in [3.8, 4) is 0 Å². The number of nitrogens with two attached hydrogens (primary N) is 1. The number of hydrogen-bond donors (Lipinski definition) is 3. The van der Waals surface area contributed by atoms with Gasteiger partial charge in [-0.25, -0.2) is 0 Å². The fourth-order valence-electron chi connectivity index (χ4n) is 1.03. The number of carbonyl (C=O) groups excluding carboxylic acids is 1. The smallest absolute Gasteiger partial charge is 0.270 e. The summed E-state index contributed by atoms with van der Waals surface area (Å²) in [5.41, 5.74) is 4.79. The molecule has 1 aromatic heterocycles. The molecule has 1 heterocycles. The van der Waals surface area contributed by atoms with Gasteiger partial charge in [0.05, 0.1) is 5.54 Å². The van der Waals surface area contributed by atoms with Gasteiger partial charge in [-0.15, -0.1) is 0 Å². The number of carbonyl (C=O) groups is 1. The third-order valence-electron chi connectivity index (χ3n) is 2.07. The van der Waals surface area contributed by atoms with Crippen LogP contribution in [0, 0.1) is 0 Å². The van der Waals surface area contributed by atoms with E-state index in [2.05, 4.69) is 15.5 Å². The van der Waals surface area contributed by atoms with Crippen LogP contribution < -0.4 is 11.1 Å². The van der Waals surface area contributed by atoms with E-state index in [4.69, 9.17) is 10.9 Å². The van der Waals surface area contributed by atoms with E-state index >= 15 is 0 Å². The number of amidine groups is 1. The van der Waals surface area contributed by atoms with Gasteiger partial charge in [0.2, 0.25) is 0 Å². The molecular weight excluding hydrogens is 208 g/mol. The van der Waals surface area contributed by atoms with Crippen LogP contribution in [0.1, 0.15) is 24.3 Å². The second-order valence-corrected chi connectivity index (χ2v) is 3.78. The van der Waals surface area contributed by atoms with Crippen LogP contribution in [0.25, 0.3) is 0 Å². The Morgan fingerprint density at radius 2 is 2.25 bits per heavy atom. The number of nitrogens with zero attached hydrogens (tertiary/aromatic N) is 2. The molecule has 0 atom stereocenters. The van der Waals surface area contributed by atoms with E-state index in [9.17, 15) is 4.79 Å². The average molecular weight is 222 g/mol. The monoisotopic (exact) mass is 222 g/mol. The maximum absolute atomic E-state index is 11.7. The third-order valence-corrected chi connectivity index (χ3v) is 2.07. The molecule has 1 rings (SSSR count). The summed E-state index contributed by atoms with van der Waals surface area (Å²) in [4.78, 5) is 15.6. The highest BCUT2D eigenvalue weighted by Gasteiger charge is 2.26. The molecule has 6 nitrogen and oxygen atoms in total. The summed E-state index contributed by atoms with van der Waals surface area (Å²) in [5.74, 6) is -0.450. The van der Waals surface area contributed by atoms with Crippen molar-refractivity contribution >= 4 is 11.7 Å². The van der Waals surface area contributed by atoms with Gasteiger partial charge in [0.1, 0.15) is 5.69 Å². The quantitative estimate of drug-likeness (QED) is 0.297. The maximum Gasteiger partial charge on any atom is 0.270 e. The van der Waals surface area contributed by atoms with Crippen molar-refractivity contribution < 1.29 is 10.0 Å². The van der Waals surface area contributed by atoms with E-state index in [-0.39, 0.29) is 17.4 Å². The molecule has 16 heavy (non-hydrogen) atoms. The standard InChI is InChI=1S/C10H14N4O2/c1-10(2,9(11)14-16)13-8(15)7-5-3-4-6-12-7/h3-6,16H,1-2H3,(H2,11,14)(H,13,15). The zero-order valence-corrected chi connectivity index (χ0v) is 9.14. The molecule has 0 fully saturated rings. The molecule has 0 saturated heterocycles. The summed E-state index contributed by atoms with van der Waals surface area (Å²) in [6, 6.07) is 5.00. The van der Waals surface area contributed by atoms with Crippen LogP contribution in [-0.2, 0) is 0 Å². The van der Waals surface area contributed by atoms with Gasteiger partial charge in [-0.1, -0.05) is 11.2 Å². The molecule has 1 amide bonds. The van der Waals surface area contributed by atoms with Crippen LogP contribution in [0.4, 0.5) is 0 Å². The highest BCUT2D eigenvalue weighted by molar-refractivity contribution is 5.98. The molecular formula is C10H14N4O2. The molecule has 0 saturated carbocycles. The zero-order chi connectivity index (χ0) is 12.2. The lowest BCUT2D eigenvalue weighted by Crippen LogP contribution is -2.53. The summed E-state index contributed by atoms with van der Waals surface area (Å²) in [6.07, 6.45) is 1.52. The fraction of sp³-hybridized carbons (Fsp3) is 0.300. The van der Waals surface area contributed by atoms with E-state index in [1.807, 2.05) is 0 Å². The summed E-state index contributed by atoms with van der Waals surface area (Å²) < 4.78 is 0. The van der Waals surface area contributed by atoms with Gasteiger partial charge in [-0.2, -0.15) is 0 Å². The van der Waals surface area contributed by atoms with Crippen molar-refractivity contribution in [3.63, 3.8) is 0 Å². The molecule has 0 spiro atoms. The zero-order valence-electron chi connectivity index (χ0n) is 9.14. The van der Waals surface area contributed by atoms with Gasteiger partial charge in [-0.05, 0) is 26.0 Å². The number of oxime groups is 1. The van der Waals surface area contributed by atoms with Crippen molar-refractivity contribution in [2.75, 3.05) is 0 Å². The summed E-state index contributed by atoms with van der Waals surface area (Å²) in [6.45, 7) is 3.26. The predicted molar refractivity (Wildman–Crippen MR) is 59.2 cm³/mol. The molecule has 6 heteroatoms. The Bertz CT molecular complexity index is 401. The number of aromatic nitrogens is 1. The lowest BCUT2D eigenvalue weighted by atomic mass is 10.0. The minimum absolute atomic E-state index is 0.0724. The maximum atomic E-state index is 11.7. The molecule has 0 aliphatic carbocycles. The van der Waals surface area contributed by atoms with Crippen LogP contribution in [0.5, 0.6) is 0 Å². The van der Waals surface area contributed by atoms with Crippen LogP contribution in [0.15, 0.2) is 29.6 Å².